The van der Waals surface area contributed by atoms with Crippen LogP contribution in [0.15, 0.2) is 18.3 Å². The van der Waals surface area contributed by atoms with Crippen LogP contribution in [0.2, 0.25) is 0 Å². The van der Waals surface area contributed by atoms with Crippen molar-refractivity contribution in [2.75, 3.05) is 6.26 Å². The summed E-state index contributed by atoms with van der Waals surface area (Å²) < 4.78 is 5.87. The fraction of sp³-hybridized carbons (Fsp3) is 0.600. The molecular weight excluding hydrogens is 304 g/mol. The number of carbonyl (C=O) groups excluding carboxylic acids is 1. The fourth-order valence-corrected chi connectivity index (χ4v) is 2.85. The number of thioether (sulfide) groups is 1. The van der Waals surface area contributed by atoms with Crippen LogP contribution in [0.4, 0.5) is 0 Å². The lowest BCUT2D eigenvalue weighted by Gasteiger charge is -2.36. The van der Waals surface area contributed by atoms with Crippen LogP contribution in [-0.2, 0) is 11.2 Å². The third-order valence-corrected chi connectivity index (χ3v) is 4.31. The van der Waals surface area contributed by atoms with E-state index in [1.54, 1.807) is 6.20 Å². The van der Waals surface area contributed by atoms with E-state index in [1.165, 1.54) is 11.8 Å². The monoisotopic (exact) mass is 326 g/mol. The van der Waals surface area contributed by atoms with Gasteiger partial charge in [-0.25, -0.2) is 4.98 Å². The lowest BCUT2D eigenvalue weighted by Crippen LogP contribution is -2.48. The van der Waals surface area contributed by atoms with E-state index in [-0.39, 0.29) is 16.6 Å². The zero-order chi connectivity index (χ0) is 15.2. The molecular formula is C15H22N2O2S2. The third-order valence-electron chi connectivity index (χ3n) is 3.50. The van der Waals surface area contributed by atoms with Crippen LogP contribution in [0.5, 0.6) is 5.88 Å². The van der Waals surface area contributed by atoms with Crippen LogP contribution in [0.3, 0.4) is 0 Å². The lowest BCUT2D eigenvalue weighted by atomic mass is 9.89. The van der Waals surface area contributed by atoms with Crippen LogP contribution in [0.25, 0.3) is 0 Å². The maximum absolute atomic E-state index is 11.3. The molecule has 0 spiro atoms. The maximum Gasteiger partial charge on any atom is 0.213 e. The first kappa shape index (κ1) is 16.6. The van der Waals surface area contributed by atoms with Gasteiger partial charge in [-0.05, 0) is 44.1 Å². The molecule has 0 saturated heterocycles. The van der Waals surface area contributed by atoms with Crippen molar-refractivity contribution in [3.05, 3.63) is 23.9 Å². The van der Waals surface area contributed by atoms with Gasteiger partial charge in [-0.2, -0.15) is 12.6 Å². The third kappa shape index (κ3) is 5.52. The standard InChI is InChI=1S/C15H22N2O2S2/c1-10(20)17-12-8-13(9-12)19-14-7-11(5-6-16-14)3-4-15(18)21-2/h5-7,10,12-13,17,20H,3-4,8-9H2,1-2H3/t10?,12-,13-. The Labute approximate surface area is 135 Å². The molecule has 2 rings (SSSR count). The highest BCUT2D eigenvalue weighted by Gasteiger charge is 2.31. The van der Waals surface area contributed by atoms with Crippen molar-refractivity contribution in [3.8, 4) is 5.88 Å². The number of pyridine rings is 1. The molecule has 1 aliphatic rings. The van der Waals surface area contributed by atoms with Crippen molar-refractivity contribution < 1.29 is 9.53 Å². The Bertz CT molecular complexity index is 476. The number of aromatic nitrogens is 1. The molecule has 1 fully saturated rings. The molecule has 0 aromatic carbocycles. The van der Waals surface area contributed by atoms with Crippen molar-refractivity contribution in [1.82, 2.24) is 10.3 Å². The smallest absolute Gasteiger partial charge is 0.213 e. The van der Waals surface area contributed by atoms with E-state index in [9.17, 15) is 4.79 Å². The summed E-state index contributed by atoms with van der Waals surface area (Å²) in [5.74, 6) is 0.659. The van der Waals surface area contributed by atoms with E-state index in [0.29, 0.717) is 18.3 Å². The quantitative estimate of drug-likeness (QED) is 0.596. The molecule has 1 atom stereocenters. The average Bonchev–Trinajstić information content (AvgIpc) is 2.42. The van der Waals surface area contributed by atoms with Gasteiger partial charge in [-0.3, -0.25) is 4.79 Å². The number of thiol groups is 1. The van der Waals surface area contributed by atoms with Crippen LogP contribution in [0.1, 0.15) is 31.7 Å². The number of hydrogen-bond donors (Lipinski definition) is 2. The molecule has 0 bridgehead atoms. The molecule has 1 heterocycles. The Kier molecular flexibility index (Phi) is 6.39. The van der Waals surface area contributed by atoms with Crippen LogP contribution < -0.4 is 10.1 Å². The van der Waals surface area contributed by atoms with Gasteiger partial charge < -0.3 is 10.1 Å². The summed E-state index contributed by atoms with van der Waals surface area (Å²) >= 11 is 5.60. The van der Waals surface area contributed by atoms with Gasteiger partial charge in [0, 0.05) is 30.1 Å². The topological polar surface area (TPSA) is 51.2 Å². The molecule has 0 aliphatic heterocycles. The van der Waals surface area contributed by atoms with E-state index in [2.05, 4.69) is 22.9 Å². The fourth-order valence-electron chi connectivity index (χ4n) is 2.33. The Morgan fingerprint density at radius 1 is 1.62 bits per heavy atom. The normalized spacial score (nSPS) is 22.4. The van der Waals surface area contributed by atoms with Crippen molar-refractivity contribution in [1.29, 1.82) is 0 Å². The second kappa shape index (κ2) is 8.06. The highest BCUT2D eigenvalue weighted by molar-refractivity contribution is 8.13. The Balaban J connectivity index is 1.78. The van der Waals surface area contributed by atoms with Gasteiger partial charge in [0.05, 0.1) is 0 Å². The first-order valence-corrected chi connectivity index (χ1v) is 8.93. The first-order chi connectivity index (χ1) is 10.1. The second-order valence-corrected chi connectivity index (χ2v) is 6.97. The van der Waals surface area contributed by atoms with Gasteiger partial charge in [0.25, 0.3) is 0 Å². The molecule has 1 aromatic rings. The van der Waals surface area contributed by atoms with Gasteiger partial charge in [-0.15, -0.1) is 0 Å². The molecule has 4 nitrogen and oxygen atoms in total. The molecule has 21 heavy (non-hydrogen) atoms. The minimum absolute atomic E-state index is 0.211. The number of nitrogens with one attached hydrogen (secondary N) is 1. The Hall–Kier alpha value is -0.720. The predicted molar refractivity (Wildman–Crippen MR) is 90.1 cm³/mol. The lowest BCUT2D eigenvalue weighted by molar-refractivity contribution is -0.110. The number of carbonyl (C=O) groups is 1. The zero-order valence-electron chi connectivity index (χ0n) is 12.4. The molecule has 1 N–H and O–H groups in total. The summed E-state index contributed by atoms with van der Waals surface area (Å²) in [6.45, 7) is 2.03. The van der Waals surface area contributed by atoms with Crippen molar-refractivity contribution in [2.24, 2.45) is 0 Å². The van der Waals surface area contributed by atoms with Crippen LogP contribution in [0, 0.1) is 0 Å². The van der Waals surface area contributed by atoms with Gasteiger partial charge in [0.2, 0.25) is 5.88 Å². The van der Waals surface area contributed by atoms with E-state index in [0.717, 1.165) is 24.8 Å². The summed E-state index contributed by atoms with van der Waals surface area (Å²) in [4.78, 5) is 15.6. The number of rotatable bonds is 7. The number of aryl methyl sites for hydroxylation is 1. The summed E-state index contributed by atoms with van der Waals surface area (Å²) in [6.07, 6.45) is 7.06. The van der Waals surface area contributed by atoms with Gasteiger partial charge in [-0.1, -0.05) is 11.8 Å². The summed E-state index contributed by atoms with van der Waals surface area (Å²) in [6, 6.07) is 4.37. The van der Waals surface area contributed by atoms with Crippen LogP contribution in [-0.4, -0.2) is 33.9 Å². The Morgan fingerprint density at radius 3 is 3.05 bits per heavy atom. The molecule has 1 unspecified atom stereocenters. The molecule has 116 valence electrons. The van der Waals surface area contributed by atoms with Crippen molar-refractivity contribution in [2.45, 2.75) is 50.1 Å². The highest BCUT2D eigenvalue weighted by atomic mass is 32.2. The van der Waals surface area contributed by atoms with E-state index in [4.69, 9.17) is 4.74 Å². The SMILES string of the molecule is CSC(=O)CCc1ccnc(O[C@H]2C[C@H](NC(C)S)C2)c1. The van der Waals surface area contributed by atoms with Crippen LogP contribution >= 0.6 is 24.4 Å². The van der Waals surface area contributed by atoms with Gasteiger partial charge in [0.15, 0.2) is 5.12 Å². The number of hydrogen-bond acceptors (Lipinski definition) is 6. The average molecular weight is 326 g/mol. The maximum atomic E-state index is 11.3. The Morgan fingerprint density at radius 2 is 2.38 bits per heavy atom. The highest BCUT2D eigenvalue weighted by Crippen LogP contribution is 2.26. The van der Waals surface area contributed by atoms with Gasteiger partial charge >= 0.3 is 0 Å². The molecule has 1 aliphatic carbocycles. The summed E-state index contributed by atoms with van der Waals surface area (Å²) in [7, 11) is 0. The minimum Gasteiger partial charge on any atom is -0.474 e. The second-order valence-electron chi connectivity index (χ2n) is 5.33. The number of ether oxygens (including phenoxy) is 1. The molecule has 0 radical (unpaired) electrons. The first-order valence-electron chi connectivity index (χ1n) is 7.19. The molecule has 1 aromatic heterocycles. The molecule has 1 saturated carbocycles. The zero-order valence-corrected chi connectivity index (χ0v) is 14.1. The largest absolute Gasteiger partial charge is 0.474 e. The summed E-state index contributed by atoms with van der Waals surface area (Å²) in [5, 5.41) is 3.79. The van der Waals surface area contributed by atoms with Gasteiger partial charge in [0.1, 0.15) is 6.10 Å². The number of nitrogens with zero attached hydrogens (tertiary/aromatic N) is 1. The minimum atomic E-state index is 0.211. The summed E-state index contributed by atoms with van der Waals surface area (Å²) in [5.41, 5.74) is 1.10. The molecule has 0 amide bonds. The van der Waals surface area contributed by atoms with E-state index < -0.39 is 0 Å². The van der Waals surface area contributed by atoms with Crippen molar-refractivity contribution >= 4 is 29.5 Å². The van der Waals surface area contributed by atoms with E-state index >= 15 is 0 Å². The van der Waals surface area contributed by atoms with E-state index in [1.807, 2.05) is 25.3 Å². The predicted octanol–water partition coefficient (Wildman–Crippen LogP) is 2.68. The van der Waals surface area contributed by atoms with Crippen molar-refractivity contribution in [3.63, 3.8) is 0 Å². The molecule has 6 heteroatoms.